The van der Waals surface area contributed by atoms with Crippen LogP contribution in [0.2, 0.25) is 0 Å². The summed E-state index contributed by atoms with van der Waals surface area (Å²) >= 11 is 0. The highest BCUT2D eigenvalue weighted by molar-refractivity contribution is 5.03. The summed E-state index contributed by atoms with van der Waals surface area (Å²) in [6.45, 7) is 4.13. The lowest BCUT2D eigenvalue weighted by molar-refractivity contribution is 0.194. The Hall–Kier alpha value is -0.900. The highest BCUT2D eigenvalue weighted by Gasteiger charge is 2.21. The molecule has 1 aromatic rings. The molecule has 1 aliphatic rings. The molecule has 15 heavy (non-hydrogen) atoms. The summed E-state index contributed by atoms with van der Waals surface area (Å²) in [6.07, 6.45) is 4.51. The Morgan fingerprint density at radius 2 is 2.33 bits per heavy atom. The topological polar surface area (TPSA) is 39.9 Å². The third kappa shape index (κ3) is 2.20. The monoisotopic (exact) mass is 209 g/mol. The summed E-state index contributed by atoms with van der Waals surface area (Å²) in [6, 6.07) is 0. The van der Waals surface area contributed by atoms with Crippen LogP contribution in [0.15, 0.2) is 0 Å². The van der Waals surface area contributed by atoms with Crippen LogP contribution in [-0.4, -0.2) is 28.5 Å². The first-order valence-corrected chi connectivity index (χ1v) is 5.74. The van der Waals surface area contributed by atoms with Crippen LogP contribution in [0, 0.1) is 0 Å². The molecule has 2 rings (SSSR count). The first-order valence-electron chi connectivity index (χ1n) is 5.74. The van der Waals surface area contributed by atoms with Gasteiger partial charge < -0.3 is 9.30 Å². The molecule has 1 unspecified atom stereocenters. The van der Waals surface area contributed by atoms with E-state index in [0.717, 1.165) is 31.8 Å². The zero-order valence-corrected chi connectivity index (χ0v) is 9.57. The van der Waals surface area contributed by atoms with Crippen molar-refractivity contribution in [2.45, 2.75) is 45.1 Å². The van der Waals surface area contributed by atoms with E-state index < -0.39 is 0 Å². The van der Waals surface area contributed by atoms with Crippen LogP contribution in [0.1, 0.15) is 43.8 Å². The Labute approximate surface area is 90.7 Å². The minimum atomic E-state index is 0.572. The van der Waals surface area contributed by atoms with Gasteiger partial charge in [-0.3, -0.25) is 0 Å². The van der Waals surface area contributed by atoms with Gasteiger partial charge in [-0.15, -0.1) is 10.2 Å². The molecule has 0 amide bonds. The number of fused-ring (bicyclic) bond motifs is 1. The zero-order valence-electron chi connectivity index (χ0n) is 9.57. The molecule has 0 aliphatic carbocycles. The van der Waals surface area contributed by atoms with Gasteiger partial charge in [0.15, 0.2) is 0 Å². The van der Waals surface area contributed by atoms with Gasteiger partial charge in [0.25, 0.3) is 0 Å². The molecule has 0 fully saturated rings. The SMILES string of the molecule is COCCCc1nnc2n1CCCC2C. The molecule has 84 valence electrons. The fourth-order valence-electron chi connectivity index (χ4n) is 2.20. The van der Waals surface area contributed by atoms with Crippen molar-refractivity contribution in [1.82, 2.24) is 14.8 Å². The van der Waals surface area contributed by atoms with Crippen molar-refractivity contribution in [3.63, 3.8) is 0 Å². The molecule has 1 aromatic heterocycles. The molecule has 0 N–H and O–H groups in total. The van der Waals surface area contributed by atoms with Crippen LogP contribution >= 0.6 is 0 Å². The number of rotatable bonds is 4. The summed E-state index contributed by atoms with van der Waals surface area (Å²) in [5, 5.41) is 8.57. The Kier molecular flexibility index (Phi) is 3.36. The van der Waals surface area contributed by atoms with Gasteiger partial charge in [0.05, 0.1) is 0 Å². The standard InChI is InChI=1S/C11H19N3O/c1-9-5-3-7-14-10(6-4-8-15-2)12-13-11(9)14/h9H,3-8H2,1-2H3. The Bertz CT molecular complexity index is 322. The summed E-state index contributed by atoms with van der Waals surface area (Å²) in [7, 11) is 1.74. The van der Waals surface area contributed by atoms with Gasteiger partial charge in [-0.25, -0.2) is 0 Å². The number of hydrogen-bond acceptors (Lipinski definition) is 3. The first-order chi connectivity index (χ1) is 7.33. The van der Waals surface area contributed by atoms with Crippen LogP contribution in [0.5, 0.6) is 0 Å². The predicted molar refractivity (Wildman–Crippen MR) is 57.9 cm³/mol. The van der Waals surface area contributed by atoms with Crippen molar-refractivity contribution in [2.75, 3.05) is 13.7 Å². The minimum Gasteiger partial charge on any atom is -0.385 e. The van der Waals surface area contributed by atoms with Crippen LogP contribution < -0.4 is 0 Å². The van der Waals surface area contributed by atoms with E-state index in [1.807, 2.05) is 0 Å². The molecule has 1 aliphatic heterocycles. The summed E-state index contributed by atoms with van der Waals surface area (Å²) in [5.41, 5.74) is 0. The van der Waals surface area contributed by atoms with Gasteiger partial charge in [-0.05, 0) is 19.3 Å². The number of ether oxygens (including phenoxy) is 1. The van der Waals surface area contributed by atoms with Gasteiger partial charge in [-0.1, -0.05) is 6.92 Å². The quantitative estimate of drug-likeness (QED) is 0.709. The molecule has 0 aromatic carbocycles. The van der Waals surface area contributed by atoms with Gasteiger partial charge in [0, 0.05) is 32.6 Å². The van der Waals surface area contributed by atoms with E-state index in [9.17, 15) is 0 Å². The minimum absolute atomic E-state index is 0.572. The smallest absolute Gasteiger partial charge is 0.135 e. The van der Waals surface area contributed by atoms with Gasteiger partial charge in [0.1, 0.15) is 11.6 Å². The second kappa shape index (κ2) is 4.75. The van der Waals surface area contributed by atoms with E-state index in [-0.39, 0.29) is 0 Å². The van der Waals surface area contributed by atoms with E-state index in [1.165, 1.54) is 18.7 Å². The lowest BCUT2D eigenvalue weighted by Gasteiger charge is -2.20. The van der Waals surface area contributed by atoms with Crippen molar-refractivity contribution in [3.05, 3.63) is 11.6 Å². The van der Waals surface area contributed by atoms with E-state index in [1.54, 1.807) is 7.11 Å². The second-order valence-electron chi connectivity index (χ2n) is 4.27. The maximum Gasteiger partial charge on any atom is 0.135 e. The molecule has 4 heteroatoms. The molecule has 0 spiro atoms. The van der Waals surface area contributed by atoms with E-state index in [2.05, 4.69) is 21.7 Å². The van der Waals surface area contributed by atoms with Gasteiger partial charge >= 0.3 is 0 Å². The molecule has 2 heterocycles. The van der Waals surface area contributed by atoms with E-state index in [0.29, 0.717) is 5.92 Å². The van der Waals surface area contributed by atoms with Crippen molar-refractivity contribution in [2.24, 2.45) is 0 Å². The van der Waals surface area contributed by atoms with Crippen LogP contribution in [0.4, 0.5) is 0 Å². The maximum absolute atomic E-state index is 5.05. The first kappa shape index (κ1) is 10.6. The summed E-state index contributed by atoms with van der Waals surface area (Å²) in [4.78, 5) is 0. The van der Waals surface area contributed by atoms with Crippen molar-refractivity contribution < 1.29 is 4.74 Å². The molecular formula is C11H19N3O. The van der Waals surface area contributed by atoms with Crippen molar-refractivity contribution in [3.8, 4) is 0 Å². The maximum atomic E-state index is 5.05. The molecule has 0 saturated heterocycles. The van der Waals surface area contributed by atoms with Crippen molar-refractivity contribution in [1.29, 1.82) is 0 Å². The Balaban J connectivity index is 2.06. The lowest BCUT2D eigenvalue weighted by Crippen LogP contribution is -2.16. The van der Waals surface area contributed by atoms with Crippen LogP contribution in [0.3, 0.4) is 0 Å². The average Bonchev–Trinajstić information content (AvgIpc) is 2.64. The molecule has 4 nitrogen and oxygen atoms in total. The highest BCUT2D eigenvalue weighted by Crippen LogP contribution is 2.25. The summed E-state index contributed by atoms with van der Waals surface area (Å²) in [5.74, 6) is 2.88. The zero-order chi connectivity index (χ0) is 10.7. The number of aryl methyl sites for hydroxylation is 1. The van der Waals surface area contributed by atoms with Crippen LogP contribution in [-0.2, 0) is 17.7 Å². The number of aromatic nitrogens is 3. The Morgan fingerprint density at radius 1 is 1.47 bits per heavy atom. The lowest BCUT2D eigenvalue weighted by atomic mass is 10.0. The fourth-order valence-corrected chi connectivity index (χ4v) is 2.20. The molecular weight excluding hydrogens is 190 g/mol. The molecule has 1 atom stereocenters. The summed E-state index contributed by atoms with van der Waals surface area (Å²) < 4.78 is 7.34. The number of hydrogen-bond donors (Lipinski definition) is 0. The Morgan fingerprint density at radius 3 is 3.13 bits per heavy atom. The molecule has 0 bridgehead atoms. The van der Waals surface area contributed by atoms with Gasteiger partial charge in [0.2, 0.25) is 0 Å². The van der Waals surface area contributed by atoms with Crippen molar-refractivity contribution >= 4 is 0 Å². The number of nitrogens with zero attached hydrogens (tertiary/aromatic N) is 3. The molecule has 0 saturated carbocycles. The molecule has 0 radical (unpaired) electrons. The van der Waals surface area contributed by atoms with Gasteiger partial charge in [-0.2, -0.15) is 0 Å². The van der Waals surface area contributed by atoms with E-state index >= 15 is 0 Å². The highest BCUT2D eigenvalue weighted by atomic mass is 16.5. The normalized spacial score (nSPS) is 20.3. The largest absolute Gasteiger partial charge is 0.385 e. The average molecular weight is 209 g/mol. The fraction of sp³-hybridized carbons (Fsp3) is 0.818. The third-order valence-corrected chi connectivity index (χ3v) is 3.06. The predicted octanol–water partition coefficient (Wildman–Crippen LogP) is 1.75. The third-order valence-electron chi connectivity index (χ3n) is 3.06. The van der Waals surface area contributed by atoms with E-state index in [4.69, 9.17) is 4.74 Å². The van der Waals surface area contributed by atoms with Crippen LogP contribution in [0.25, 0.3) is 0 Å². The number of methoxy groups -OCH3 is 1. The second-order valence-corrected chi connectivity index (χ2v) is 4.27.